The van der Waals surface area contributed by atoms with Gasteiger partial charge in [0.05, 0.1) is 6.21 Å². The Labute approximate surface area is 152 Å². The number of hydrogen-bond donors (Lipinski definition) is 2. The van der Waals surface area contributed by atoms with Crippen LogP contribution in [0.5, 0.6) is 5.75 Å². The molecule has 1 fully saturated rings. The first-order chi connectivity index (χ1) is 12.4. The number of nitrogens with zero attached hydrogens (tertiary/aromatic N) is 2. The van der Waals surface area contributed by atoms with E-state index in [0.717, 1.165) is 10.6 Å². The van der Waals surface area contributed by atoms with E-state index in [1.165, 1.54) is 6.21 Å². The predicted molar refractivity (Wildman–Crippen MR) is 99.0 cm³/mol. The normalized spacial score (nSPS) is 20.0. The van der Waals surface area contributed by atoms with Crippen LogP contribution in [0.3, 0.4) is 0 Å². The lowest BCUT2D eigenvalue weighted by Gasteiger charge is -2.24. The smallest absolute Gasteiger partial charge is 0.346 e. The molecule has 0 saturated carbocycles. The topological polar surface area (TPSA) is 82.0 Å². The molecule has 2 aromatic carbocycles. The molecule has 0 spiro atoms. The molecule has 6 nitrogen and oxygen atoms in total. The van der Waals surface area contributed by atoms with E-state index < -0.39 is 17.5 Å². The quantitative estimate of drug-likeness (QED) is 0.655. The van der Waals surface area contributed by atoms with Gasteiger partial charge < -0.3 is 10.4 Å². The molecule has 0 aromatic heterocycles. The summed E-state index contributed by atoms with van der Waals surface area (Å²) in [7, 11) is 0. The Morgan fingerprint density at radius 2 is 1.77 bits per heavy atom. The van der Waals surface area contributed by atoms with Gasteiger partial charge in [-0.2, -0.15) is 5.10 Å². The van der Waals surface area contributed by atoms with Crippen molar-refractivity contribution in [1.82, 2.24) is 10.3 Å². The summed E-state index contributed by atoms with van der Waals surface area (Å²) in [6, 6.07) is 12.1. The fourth-order valence-corrected chi connectivity index (χ4v) is 3.22. The van der Waals surface area contributed by atoms with E-state index in [1.807, 2.05) is 37.3 Å². The van der Waals surface area contributed by atoms with Crippen LogP contribution in [-0.2, 0) is 10.3 Å². The maximum atomic E-state index is 13.0. The first-order valence-corrected chi connectivity index (χ1v) is 8.45. The fourth-order valence-electron chi connectivity index (χ4n) is 3.22. The summed E-state index contributed by atoms with van der Waals surface area (Å²) in [6.45, 7) is 5.42. The summed E-state index contributed by atoms with van der Waals surface area (Å²) in [4.78, 5) is 25.3. The van der Waals surface area contributed by atoms with Gasteiger partial charge in [0.2, 0.25) is 0 Å². The maximum absolute atomic E-state index is 13.0. The molecular formula is C20H21N3O3. The minimum Gasteiger partial charge on any atom is -0.507 e. The van der Waals surface area contributed by atoms with Gasteiger partial charge in [-0.3, -0.25) is 4.79 Å². The fraction of sp³-hybridized carbons (Fsp3) is 0.250. The van der Waals surface area contributed by atoms with Crippen molar-refractivity contribution in [3.63, 3.8) is 0 Å². The molecule has 2 N–H and O–H groups in total. The molecular weight excluding hydrogens is 330 g/mol. The largest absolute Gasteiger partial charge is 0.507 e. The van der Waals surface area contributed by atoms with Crippen molar-refractivity contribution >= 4 is 18.2 Å². The Morgan fingerprint density at radius 1 is 1.15 bits per heavy atom. The number of hydrogen-bond acceptors (Lipinski definition) is 4. The lowest BCUT2D eigenvalue weighted by Crippen LogP contribution is -2.43. The molecule has 1 saturated heterocycles. The molecule has 134 valence electrons. The van der Waals surface area contributed by atoms with E-state index in [-0.39, 0.29) is 5.75 Å². The number of hydrazone groups is 1. The van der Waals surface area contributed by atoms with Gasteiger partial charge in [-0.05, 0) is 54.7 Å². The minimum absolute atomic E-state index is 0.228. The Balaban J connectivity index is 1.92. The van der Waals surface area contributed by atoms with E-state index in [0.29, 0.717) is 23.1 Å². The van der Waals surface area contributed by atoms with Crippen LogP contribution < -0.4 is 5.32 Å². The van der Waals surface area contributed by atoms with Gasteiger partial charge >= 0.3 is 6.03 Å². The number of imide groups is 1. The van der Waals surface area contributed by atoms with E-state index >= 15 is 0 Å². The van der Waals surface area contributed by atoms with Crippen LogP contribution in [0.25, 0.3) is 0 Å². The number of aromatic hydroxyl groups is 1. The minimum atomic E-state index is -1.10. The van der Waals surface area contributed by atoms with Crippen molar-refractivity contribution < 1.29 is 14.7 Å². The Hall–Kier alpha value is -3.15. The zero-order valence-corrected chi connectivity index (χ0v) is 15.0. The van der Waals surface area contributed by atoms with E-state index in [2.05, 4.69) is 10.4 Å². The third kappa shape index (κ3) is 2.83. The highest BCUT2D eigenvalue weighted by molar-refractivity contribution is 6.07. The van der Waals surface area contributed by atoms with Gasteiger partial charge in [0.1, 0.15) is 11.3 Å². The van der Waals surface area contributed by atoms with Crippen LogP contribution in [0.15, 0.2) is 47.6 Å². The summed E-state index contributed by atoms with van der Waals surface area (Å²) in [5.74, 6) is -0.175. The molecule has 26 heavy (non-hydrogen) atoms. The summed E-state index contributed by atoms with van der Waals surface area (Å²) in [5.41, 5.74) is 1.74. The Morgan fingerprint density at radius 3 is 2.35 bits per heavy atom. The van der Waals surface area contributed by atoms with Crippen LogP contribution in [0, 0.1) is 13.8 Å². The molecule has 1 atom stereocenters. The number of carbonyl (C=O) groups is 2. The summed E-state index contributed by atoms with van der Waals surface area (Å²) >= 11 is 0. The first-order valence-electron chi connectivity index (χ1n) is 8.45. The number of phenolic OH excluding ortho intramolecular Hbond substituents is 1. The predicted octanol–water partition coefficient (Wildman–Crippen LogP) is 3.20. The standard InChI is InChI=1S/C20H21N3O3/c1-4-20(16-8-6-5-7-9-16)18(25)23(19(26)22-20)21-12-15-10-13(2)17(24)14(3)11-15/h5-12,24H,4H2,1-3H3,(H,22,26)/b21-12+/t20-/m1/s1. The van der Waals surface area contributed by atoms with E-state index in [9.17, 15) is 14.7 Å². The van der Waals surface area contributed by atoms with Gasteiger partial charge in [0, 0.05) is 0 Å². The van der Waals surface area contributed by atoms with Crippen molar-refractivity contribution in [3.8, 4) is 5.75 Å². The third-order valence-corrected chi connectivity index (χ3v) is 4.70. The van der Waals surface area contributed by atoms with Crippen LogP contribution in [0.2, 0.25) is 0 Å². The summed E-state index contributed by atoms with van der Waals surface area (Å²) in [5, 5.41) is 17.6. The first kappa shape index (κ1) is 17.7. The highest BCUT2D eigenvalue weighted by Gasteiger charge is 2.51. The number of rotatable bonds is 4. The number of carbonyl (C=O) groups excluding carboxylic acids is 2. The Kier molecular flexibility index (Phi) is 4.50. The van der Waals surface area contributed by atoms with Gasteiger partial charge in [0.25, 0.3) is 5.91 Å². The molecule has 3 amide bonds. The van der Waals surface area contributed by atoms with Gasteiger partial charge in [-0.25, -0.2) is 4.79 Å². The monoisotopic (exact) mass is 351 g/mol. The highest BCUT2D eigenvalue weighted by atomic mass is 16.3. The molecule has 1 heterocycles. The molecule has 0 unspecified atom stereocenters. The third-order valence-electron chi connectivity index (χ3n) is 4.70. The number of urea groups is 1. The molecule has 0 radical (unpaired) electrons. The second-order valence-corrected chi connectivity index (χ2v) is 6.42. The second-order valence-electron chi connectivity index (χ2n) is 6.42. The van der Waals surface area contributed by atoms with Crippen LogP contribution in [0.1, 0.15) is 35.6 Å². The van der Waals surface area contributed by atoms with Crippen LogP contribution in [0.4, 0.5) is 4.79 Å². The Bertz CT molecular complexity index is 869. The van der Waals surface area contributed by atoms with E-state index in [4.69, 9.17) is 0 Å². The highest BCUT2D eigenvalue weighted by Crippen LogP contribution is 2.32. The average Bonchev–Trinajstić information content (AvgIpc) is 2.89. The molecule has 3 rings (SSSR count). The number of amides is 3. The van der Waals surface area contributed by atoms with Crippen molar-refractivity contribution in [2.75, 3.05) is 0 Å². The second kappa shape index (κ2) is 6.63. The van der Waals surface area contributed by atoms with Crippen molar-refractivity contribution in [2.45, 2.75) is 32.7 Å². The maximum Gasteiger partial charge on any atom is 0.346 e. The van der Waals surface area contributed by atoms with Crippen molar-refractivity contribution in [1.29, 1.82) is 0 Å². The number of aryl methyl sites for hydroxylation is 2. The SMILES string of the molecule is CC[C@]1(c2ccccc2)NC(=O)N(/N=C/c2cc(C)c(O)c(C)c2)C1=O. The molecule has 1 aliphatic rings. The number of phenols is 1. The van der Waals surface area contributed by atoms with Crippen LogP contribution in [-0.4, -0.2) is 28.3 Å². The summed E-state index contributed by atoms with van der Waals surface area (Å²) < 4.78 is 0. The van der Waals surface area contributed by atoms with Gasteiger partial charge in [0.15, 0.2) is 0 Å². The lowest BCUT2D eigenvalue weighted by atomic mass is 9.87. The number of benzene rings is 2. The average molecular weight is 351 g/mol. The van der Waals surface area contributed by atoms with Crippen molar-refractivity contribution in [2.24, 2.45) is 5.10 Å². The van der Waals surface area contributed by atoms with Crippen molar-refractivity contribution in [3.05, 3.63) is 64.7 Å². The van der Waals surface area contributed by atoms with Crippen LogP contribution >= 0.6 is 0 Å². The van der Waals surface area contributed by atoms with E-state index in [1.54, 1.807) is 26.0 Å². The van der Waals surface area contributed by atoms with Gasteiger partial charge in [-0.15, -0.1) is 5.01 Å². The molecule has 2 aromatic rings. The summed E-state index contributed by atoms with van der Waals surface area (Å²) in [6.07, 6.45) is 1.87. The molecule has 6 heteroatoms. The molecule has 1 aliphatic heterocycles. The zero-order chi connectivity index (χ0) is 18.9. The lowest BCUT2D eigenvalue weighted by molar-refractivity contribution is -0.131. The molecule has 0 bridgehead atoms. The number of nitrogens with one attached hydrogen (secondary N) is 1. The van der Waals surface area contributed by atoms with Gasteiger partial charge in [-0.1, -0.05) is 37.3 Å². The molecule has 0 aliphatic carbocycles. The zero-order valence-electron chi connectivity index (χ0n) is 15.0.